The molecule has 5 heteroatoms. The van der Waals surface area contributed by atoms with Gasteiger partial charge in [0.1, 0.15) is 11.9 Å². The SMILES string of the molecule is N#Cc1cc(NCC(=O)Nc2ccccc2)ccc1F. The fourth-order valence-corrected chi connectivity index (χ4v) is 1.63. The van der Waals surface area contributed by atoms with E-state index in [2.05, 4.69) is 10.6 Å². The number of nitriles is 1. The number of carbonyl (C=O) groups is 1. The lowest BCUT2D eigenvalue weighted by atomic mass is 10.2. The molecule has 2 aromatic carbocycles. The van der Waals surface area contributed by atoms with Gasteiger partial charge >= 0.3 is 0 Å². The molecule has 0 heterocycles. The van der Waals surface area contributed by atoms with E-state index in [0.717, 1.165) is 0 Å². The highest BCUT2D eigenvalue weighted by atomic mass is 19.1. The Labute approximate surface area is 115 Å². The zero-order chi connectivity index (χ0) is 14.4. The Kier molecular flexibility index (Phi) is 4.30. The quantitative estimate of drug-likeness (QED) is 0.897. The third kappa shape index (κ3) is 3.56. The number of para-hydroxylation sites is 1. The molecule has 100 valence electrons. The van der Waals surface area contributed by atoms with Crippen molar-refractivity contribution in [3.63, 3.8) is 0 Å². The summed E-state index contributed by atoms with van der Waals surface area (Å²) in [5.41, 5.74) is 1.17. The molecule has 0 saturated carbocycles. The third-order valence-corrected chi connectivity index (χ3v) is 2.60. The maximum absolute atomic E-state index is 13.1. The molecule has 1 amide bonds. The van der Waals surface area contributed by atoms with Crippen LogP contribution in [-0.2, 0) is 4.79 Å². The molecular formula is C15H12FN3O. The molecule has 0 aromatic heterocycles. The zero-order valence-electron chi connectivity index (χ0n) is 10.6. The second-order valence-electron chi connectivity index (χ2n) is 4.07. The molecule has 0 radical (unpaired) electrons. The number of rotatable bonds is 4. The van der Waals surface area contributed by atoms with E-state index in [1.807, 2.05) is 18.2 Å². The molecule has 0 fully saturated rings. The summed E-state index contributed by atoms with van der Waals surface area (Å²) in [5.74, 6) is -0.800. The molecule has 0 saturated heterocycles. The summed E-state index contributed by atoms with van der Waals surface area (Å²) in [4.78, 5) is 11.7. The molecule has 2 N–H and O–H groups in total. The van der Waals surface area contributed by atoms with Crippen LogP contribution in [0.25, 0.3) is 0 Å². The van der Waals surface area contributed by atoms with Crippen LogP contribution in [-0.4, -0.2) is 12.5 Å². The van der Waals surface area contributed by atoms with Gasteiger partial charge in [-0.15, -0.1) is 0 Å². The number of benzene rings is 2. The Morgan fingerprint density at radius 3 is 2.60 bits per heavy atom. The second kappa shape index (κ2) is 6.34. The van der Waals surface area contributed by atoms with Crippen molar-refractivity contribution in [2.45, 2.75) is 0 Å². The molecule has 2 rings (SSSR count). The number of hydrogen-bond donors (Lipinski definition) is 2. The highest BCUT2D eigenvalue weighted by Crippen LogP contribution is 2.13. The second-order valence-corrected chi connectivity index (χ2v) is 4.07. The first-order chi connectivity index (χ1) is 9.69. The van der Waals surface area contributed by atoms with Crippen molar-refractivity contribution in [3.8, 4) is 6.07 Å². The predicted octanol–water partition coefficient (Wildman–Crippen LogP) is 2.75. The molecule has 20 heavy (non-hydrogen) atoms. The summed E-state index contributed by atoms with van der Waals surface area (Å²) in [5, 5.41) is 14.3. The van der Waals surface area contributed by atoms with E-state index in [9.17, 15) is 9.18 Å². The normalized spacial score (nSPS) is 9.60. The Morgan fingerprint density at radius 1 is 1.15 bits per heavy atom. The number of nitrogens with one attached hydrogen (secondary N) is 2. The number of carbonyl (C=O) groups excluding carboxylic acids is 1. The number of hydrogen-bond acceptors (Lipinski definition) is 3. The highest BCUT2D eigenvalue weighted by molar-refractivity contribution is 5.93. The lowest BCUT2D eigenvalue weighted by molar-refractivity contribution is -0.114. The molecule has 0 unspecified atom stereocenters. The molecule has 4 nitrogen and oxygen atoms in total. The van der Waals surface area contributed by atoms with Gasteiger partial charge in [0.25, 0.3) is 0 Å². The highest BCUT2D eigenvalue weighted by Gasteiger charge is 2.05. The van der Waals surface area contributed by atoms with Crippen LogP contribution < -0.4 is 10.6 Å². The monoisotopic (exact) mass is 269 g/mol. The minimum Gasteiger partial charge on any atom is -0.376 e. The molecule has 0 aliphatic heterocycles. The van der Waals surface area contributed by atoms with Gasteiger partial charge < -0.3 is 10.6 Å². The van der Waals surface area contributed by atoms with Crippen molar-refractivity contribution in [1.29, 1.82) is 5.26 Å². The van der Waals surface area contributed by atoms with Crippen LogP contribution in [0.4, 0.5) is 15.8 Å². The summed E-state index contributed by atoms with van der Waals surface area (Å²) >= 11 is 0. The molecule has 0 aliphatic rings. The van der Waals surface area contributed by atoms with Gasteiger partial charge in [0, 0.05) is 11.4 Å². The summed E-state index contributed by atoms with van der Waals surface area (Å²) in [7, 11) is 0. The van der Waals surface area contributed by atoms with Crippen LogP contribution in [0.1, 0.15) is 5.56 Å². The number of amides is 1. The third-order valence-electron chi connectivity index (χ3n) is 2.60. The van der Waals surface area contributed by atoms with Crippen molar-refractivity contribution in [1.82, 2.24) is 0 Å². The van der Waals surface area contributed by atoms with Gasteiger partial charge in [-0.3, -0.25) is 4.79 Å². The van der Waals surface area contributed by atoms with Crippen molar-refractivity contribution >= 4 is 17.3 Å². The fraction of sp³-hybridized carbons (Fsp3) is 0.0667. The van der Waals surface area contributed by atoms with Gasteiger partial charge in [-0.05, 0) is 30.3 Å². The number of anilines is 2. The molecule has 0 bridgehead atoms. The summed E-state index contributed by atoms with van der Waals surface area (Å²) in [6, 6.07) is 14.8. The standard InChI is InChI=1S/C15H12FN3O/c16-14-7-6-13(8-11(14)9-17)18-10-15(20)19-12-4-2-1-3-5-12/h1-8,18H,10H2,(H,19,20). The van der Waals surface area contributed by atoms with Crippen LogP contribution >= 0.6 is 0 Å². The molecule has 0 spiro atoms. The summed E-state index contributed by atoms with van der Waals surface area (Å²) in [6.07, 6.45) is 0. The number of halogens is 1. The topological polar surface area (TPSA) is 64.9 Å². The van der Waals surface area contributed by atoms with Gasteiger partial charge in [-0.2, -0.15) is 5.26 Å². The first-order valence-corrected chi connectivity index (χ1v) is 5.97. The molecule has 0 aliphatic carbocycles. The van der Waals surface area contributed by atoms with Crippen LogP contribution in [0.15, 0.2) is 48.5 Å². The van der Waals surface area contributed by atoms with Crippen molar-refractivity contribution in [2.75, 3.05) is 17.2 Å². The largest absolute Gasteiger partial charge is 0.376 e. The van der Waals surface area contributed by atoms with E-state index in [-0.39, 0.29) is 18.0 Å². The van der Waals surface area contributed by atoms with Gasteiger partial charge in [0.05, 0.1) is 12.1 Å². The maximum atomic E-state index is 13.1. The maximum Gasteiger partial charge on any atom is 0.243 e. The van der Waals surface area contributed by atoms with Gasteiger partial charge in [-0.25, -0.2) is 4.39 Å². The summed E-state index contributed by atoms with van der Waals surface area (Å²) in [6.45, 7) is 0.0331. The average Bonchev–Trinajstić information content (AvgIpc) is 2.47. The Hall–Kier alpha value is -2.87. The first-order valence-electron chi connectivity index (χ1n) is 5.97. The van der Waals surface area contributed by atoms with Crippen LogP contribution in [0, 0.1) is 17.1 Å². The van der Waals surface area contributed by atoms with Gasteiger partial charge in [-0.1, -0.05) is 18.2 Å². The summed E-state index contributed by atoms with van der Waals surface area (Å²) < 4.78 is 13.1. The van der Waals surface area contributed by atoms with Crippen molar-refractivity contribution in [2.24, 2.45) is 0 Å². The minimum atomic E-state index is -0.577. The number of nitrogens with zero attached hydrogens (tertiary/aromatic N) is 1. The molecule has 0 atom stereocenters. The predicted molar refractivity (Wildman–Crippen MR) is 74.7 cm³/mol. The van der Waals surface area contributed by atoms with E-state index in [4.69, 9.17) is 5.26 Å². The minimum absolute atomic E-state index is 0.0331. The lowest BCUT2D eigenvalue weighted by Crippen LogP contribution is -2.21. The Bertz CT molecular complexity index is 650. The van der Waals surface area contributed by atoms with Gasteiger partial charge in [0.15, 0.2) is 0 Å². The van der Waals surface area contributed by atoms with E-state index in [0.29, 0.717) is 11.4 Å². The van der Waals surface area contributed by atoms with Crippen LogP contribution in [0.3, 0.4) is 0 Å². The Morgan fingerprint density at radius 2 is 1.90 bits per heavy atom. The van der Waals surface area contributed by atoms with Crippen LogP contribution in [0.5, 0.6) is 0 Å². The van der Waals surface area contributed by atoms with E-state index in [1.54, 1.807) is 18.2 Å². The van der Waals surface area contributed by atoms with Crippen molar-refractivity contribution in [3.05, 3.63) is 59.9 Å². The van der Waals surface area contributed by atoms with E-state index < -0.39 is 5.82 Å². The smallest absolute Gasteiger partial charge is 0.243 e. The zero-order valence-corrected chi connectivity index (χ0v) is 10.6. The molecule has 2 aromatic rings. The van der Waals surface area contributed by atoms with Crippen LogP contribution in [0.2, 0.25) is 0 Å². The molecular weight excluding hydrogens is 257 g/mol. The lowest BCUT2D eigenvalue weighted by Gasteiger charge is -2.08. The first kappa shape index (κ1) is 13.6. The fourth-order valence-electron chi connectivity index (χ4n) is 1.63. The Balaban J connectivity index is 1.92. The van der Waals surface area contributed by atoms with E-state index >= 15 is 0 Å². The van der Waals surface area contributed by atoms with E-state index in [1.165, 1.54) is 18.2 Å². The van der Waals surface area contributed by atoms with Gasteiger partial charge in [0.2, 0.25) is 5.91 Å². The van der Waals surface area contributed by atoms with Crippen molar-refractivity contribution < 1.29 is 9.18 Å². The average molecular weight is 269 g/mol.